The molecule has 4 rings (SSSR count). The van der Waals surface area contributed by atoms with Crippen LogP contribution in [0.3, 0.4) is 0 Å². The summed E-state index contributed by atoms with van der Waals surface area (Å²) in [6, 6.07) is 2.06. The number of thiophene rings is 1. The van der Waals surface area contributed by atoms with Crippen LogP contribution in [0, 0.1) is 0 Å². The number of rotatable bonds is 5. The number of morpholine rings is 1. The fourth-order valence-electron chi connectivity index (χ4n) is 2.95. The number of anilines is 2. The molecule has 1 amide bonds. The summed E-state index contributed by atoms with van der Waals surface area (Å²) < 4.78 is 5.48. The van der Waals surface area contributed by atoms with Crippen LogP contribution in [-0.4, -0.2) is 52.1 Å². The van der Waals surface area contributed by atoms with E-state index < -0.39 is 0 Å². The van der Waals surface area contributed by atoms with Crippen molar-refractivity contribution in [1.29, 1.82) is 0 Å². The number of fused-ring (bicyclic) bond motifs is 1. The minimum atomic E-state index is 0.0247. The Morgan fingerprint density at radius 1 is 1.29 bits per heavy atom. The van der Waals surface area contributed by atoms with Crippen LogP contribution in [0.5, 0.6) is 0 Å². The molecule has 3 aromatic rings. The molecule has 1 saturated heterocycles. The summed E-state index contributed by atoms with van der Waals surface area (Å²) in [6.45, 7) is 5.17. The predicted octanol–water partition coefficient (Wildman–Crippen LogP) is 1.59. The van der Waals surface area contributed by atoms with Crippen molar-refractivity contribution in [2.24, 2.45) is 0 Å². The molecule has 1 aliphatic rings. The highest BCUT2D eigenvalue weighted by molar-refractivity contribution is 7.18. The van der Waals surface area contributed by atoms with E-state index in [0.717, 1.165) is 34.0 Å². The van der Waals surface area contributed by atoms with Gasteiger partial charge in [0.25, 0.3) is 0 Å². The third kappa shape index (κ3) is 3.87. The molecule has 0 spiro atoms. The quantitative estimate of drug-likeness (QED) is 0.664. The summed E-state index contributed by atoms with van der Waals surface area (Å²) in [5.74, 6) is 1.66. The van der Waals surface area contributed by atoms with Crippen molar-refractivity contribution < 1.29 is 9.53 Å². The largest absolute Gasteiger partial charge is 0.378 e. The second-order valence-electron chi connectivity index (χ2n) is 6.36. The molecule has 1 fully saturated rings. The average molecular weight is 399 g/mol. The van der Waals surface area contributed by atoms with Gasteiger partial charge in [0.15, 0.2) is 5.82 Å². The second-order valence-corrected chi connectivity index (χ2v) is 7.48. The molecule has 0 saturated carbocycles. The van der Waals surface area contributed by atoms with Gasteiger partial charge in [-0.25, -0.2) is 19.9 Å². The lowest BCUT2D eigenvalue weighted by molar-refractivity contribution is -0.120. The Morgan fingerprint density at radius 3 is 2.75 bits per heavy atom. The van der Waals surface area contributed by atoms with Crippen LogP contribution in [0.25, 0.3) is 21.6 Å². The molecular weight excluding hydrogens is 378 g/mol. The zero-order valence-corrected chi connectivity index (χ0v) is 16.3. The molecule has 3 N–H and O–H groups in total. The fraction of sp³-hybridized carbons (Fsp3) is 0.389. The Balaban J connectivity index is 1.76. The Hall–Kier alpha value is -2.85. The molecule has 10 heteroatoms. The van der Waals surface area contributed by atoms with Crippen LogP contribution in [0.4, 0.5) is 11.8 Å². The highest BCUT2D eigenvalue weighted by Crippen LogP contribution is 2.33. The lowest BCUT2D eigenvalue weighted by atomic mass is 10.2. The van der Waals surface area contributed by atoms with Gasteiger partial charge in [0, 0.05) is 36.8 Å². The van der Waals surface area contributed by atoms with Gasteiger partial charge >= 0.3 is 0 Å². The van der Waals surface area contributed by atoms with Gasteiger partial charge in [-0.2, -0.15) is 0 Å². The second kappa shape index (κ2) is 8.03. The standard InChI is InChI=1S/C18H21N7O2S/c1-2-14(26)20-10-12-7-13-16(25-3-5-27-6-4-25)23-15(24-17(13)28-12)11-8-21-18(19)22-9-11/h7-9H,2-6,10H2,1H3,(H,20,26)(H2,19,21,22). The molecule has 9 nitrogen and oxygen atoms in total. The zero-order chi connectivity index (χ0) is 19.5. The minimum absolute atomic E-state index is 0.0247. The molecule has 28 heavy (non-hydrogen) atoms. The van der Waals surface area contributed by atoms with Gasteiger partial charge in [0.2, 0.25) is 11.9 Å². The van der Waals surface area contributed by atoms with E-state index in [1.54, 1.807) is 23.7 Å². The maximum absolute atomic E-state index is 11.6. The summed E-state index contributed by atoms with van der Waals surface area (Å²) in [6.07, 6.45) is 3.72. The number of aromatic nitrogens is 4. The third-order valence-corrected chi connectivity index (χ3v) is 5.47. The van der Waals surface area contributed by atoms with Gasteiger partial charge in [-0.1, -0.05) is 6.92 Å². The molecule has 0 unspecified atom stereocenters. The molecule has 0 aliphatic carbocycles. The first kappa shape index (κ1) is 18.5. The minimum Gasteiger partial charge on any atom is -0.378 e. The van der Waals surface area contributed by atoms with E-state index in [1.807, 2.05) is 6.92 Å². The van der Waals surface area contributed by atoms with Gasteiger partial charge in [-0.3, -0.25) is 4.79 Å². The van der Waals surface area contributed by atoms with E-state index >= 15 is 0 Å². The van der Waals surface area contributed by atoms with Gasteiger partial charge in [-0.05, 0) is 6.07 Å². The average Bonchev–Trinajstić information content (AvgIpc) is 3.15. The van der Waals surface area contributed by atoms with Gasteiger partial charge < -0.3 is 20.7 Å². The van der Waals surface area contributed by atoms with Crippen LogP contribution >= 0.6 is 11.3 Å². The number of carbonyl (C=O) groups is 1. The topological polar surface area (TPSA) is 119 Å². The maximum atomic E-state index is 11.6. The first-order chi connectivity index (χ1) is 13.6. The van der Waals surface area contributed by atoms with E-state index in [9.17, 15) is 4.79 Å². The monoisotopic (exact) mass is 399 g/mol. The van der Waals surface area contributed by atoms with Crippen molar-refractivity contribution in [2.75, 3.05) is 36.9 Å². The molecule has 146 valence electrons. The van der Waals surface area contributed by atoms with Crippen molar-refractivity contribution in [1.82, 2.24) is 25.3 Å². The summed E-state index contributed by atoms with van der Waals surface area (Å²) >= 11 is 1.55. The molecule has 0 aromatic carbocycles. The smallest absolute Gasteiger partial charge is 0.220 e. The lowest BCUT2D eigenvalue weighted by Crippen LogP contribution is -2.37. The van der Waals surface area contributed by atoms with Crippen molar-refractivity contribution in [3.8, 4) is 11.4 Å². The van der Waals surface area contributed by atoms with Crippen LogP contribution in [0.15, 0.2) is 18.5 Å². The normalized spacial score (nSPS) is 14.4. The number of ether oxygens (including phenoxy) is 1. The van der Waals surface area contributed by atoms with Crippen molar-refractivity contribution in [2.45, 2.75) is 19.9 Å². The van der Waals surface area contributed by atoms with Crippen molar-refractivity contribution in [3.05, 3.63) is 23.3 Å². The Morgan fingerprint density at radius 2 is 2.04 bits per heavy atom. The molecule has 1 aliphatic heterocycles. The first-order valence-electron chi connectivity index (χ1n) is 9.11. The van der Waals surface area contributed by atoms with Crippen LogP contribution in [0.2, 0.25) is 0 Å². The molecule has 0 bridgehead atoms. The SMILES string of the molecule is CCC(=O)NCc1cc2c(N3CCOCC3)nc(-c3cnc(N)nc3)nc2s1. The van der Waals surface area contributed by atoms with Gasteiger partial charge in [0.1, 0.15) is 10.6 Å². The van der Waals surface area contributed by atoms with E-state index in [-0.39, 0.29) is 11.9 Å². The molecule has 0 radical (unpaired) electrons. The fourth-order valence-corrected chi connectivity index (χ4v) is 3.91. The van der Waals surface area contributed by atoms with E-state index in [1.165, 1.54) is 0 Å². The number of hydrogen-bond donors (Lipinski definition) is 2. The van der Waals surface area contributed by atoms with Gasteiger partial charge in [-0.15, -0.1) is 11.3 Å². The Labute approximate surface area is 166 Å². The van der Waals surface area contributed by atoms with E-state index in [2.05, 4.69) is 26.3 Å². The summed E-state index contributed by atoms with van der Waals surface area (Å²) in [5.41, 5.74) is 6.31. The number of nitrogens with two attached hydrogens (primary N) is 1. The van der Waals surface area contributed by atoms with Crippen molar-refractivity contribution >= 4 is 39.2 Å². The maximum Gasteiger partial charge on any atom is 0.220 e. The molecular formula is C18H21N7O2S. The number of nitrogen functional groups attached to an aromatic ring is 1. The van der Waals surface area contributed by atoms with Crippen LogP contribution in [0.1, 0.15) is 18.2 Å². The zero-order valence-electron chi connectivity index (χ0n) is 15.5. The molecule has 3 aromatic heterocycles. The van der Waals surface area contributed by atoms with E-state index in [4.69, 9.17) is 20.4 Å². The number of nitrogens with one attached hydrogen (secondary N) is 1. The number of amides is 1. The summed E-state index contributed by atoms with van der Waals surface area (Å²) in [7, 11) is 0. The highest BCUT2D eigenvalue weighted by atomic mass is 32.1. The predicted molar refractivity (Wildman–Crippen MR) is 108 cm³/mol. The van der Waals surface area contributed by atoms with Crippen molar-refractivity contribution in [3.63, 3.8) is 0 Å². The first-order valence-corrected chi connectivity index (χ1v) is 9.93. The Bertz CT molecular complexity index is 984. The number of carbonyl (C=O) groups excluding carboxylic acids is 1. The molecule has 4 heterocycles. The highest BCUT2D eigenvalue weighted by Gasteiger charge is 2.20. The van der Waals surface area contributed by atoms with Crippen LogP contribution < -0.4 is 16.0 Å². The van der Waals surface area contributed by atoms with E-state index in [0.29, 0.717) is 37.6 Å². The third-order valence-electron chi connectivity index (χ3n) is 4.45. The number of nitrogens with zero attached hydrogens (tertiary/aromatic N) is 5. The van der Waals surface area contributed by atoms with Gasteiger partial charge in [0.05, 0.1) is 30.7 Å². The van der Waals surface area contributed by atoms with Crippen LogP contribution in [-0.2, 0) is 16.1 Å². The summed E-state index contributed by atoms with van der Waals surface area (Å²) in [5, 5.41) is 3.90. The summed E-state index contributed by atoms with van der Waals surface area (Å²) in [4.78, 5) is 33.3. The Kier molecular flexibility index (Phi) is 5.31. The lowest BCUT2D eigenvalue weighted by Gasteiger charge is -2.28. The molecule has 0 atom stereocenters. The number of hydrogen-bond acceptors (Lipinski definition) is 9.